The second kappa shape index (κ2) is 8.19. The minimum absolute atomic E-state index is 0.0302. The van der Waals surface area contributed by atoms with Crippen molar-refractivity contribution in [2.45, 2.75) is 31.4 Å². The monoisotopic (exact) mass is 369 g/mol. The summed E-state index contributed by atoms with van der Waals surface area (Å²) >= 11 is 0. The topological polar surface area (TPSA) is 72.4 Å². The molecule has 2 aliphatic heterocycles. The normalized spacial score (nSPS) is 25.6. The number of hydrogen-bond donors (Lipinski definition) is 1. The zero-order chi connectivity index (χ0) is 18.5. The Balaban J connectivity index is 1.34. The molecule has 7 nitrogen and oxygen atoms in total. The molecule has 0 bridgehead atoms. The number of piperidine rings is 1. The van der Waals surface area contributed by atoms with Crippen molar-refractivity contribution in [1.29, 1.82) is 0 Å². The zero-order valence-corrected chi connectivity index (χ0v) is 15.8. The van der Waals surface area contributed by atoms with E-state index in [9.17, 15) is 0 Å². The van der Waals surface area contributed by atoms with Gasteiger partial charge in [-0.1, -0.05) is 6.07 Å². The van der Waals surface area contributed by atoms with Crippen molar-refractivity contribution in [3.63, 3.8) is 0 Å². The molecule has 0 saturated carbocycles. The Morgan fingerprint density at radius 1 is 1.26 bits per heavy atom. The fraction of sp³-hybridized carbons (Fsp3) is 0.550. The Morgan fingerprint density at radius 3 is 2.96 bits per heavy atom. The van der Waals surface area contributed by atoms with E-state index in [1.807, 2.05) is 12.1 Å². The number of hydrogen-bond acceptors (Lipinski definition) is 7. The number of aromatic nitrogens is 3. The molecule has 7 heteroatoms. The highest BCUT2D eigenvalue weighted by Gasteiger charge is 2.43. The number of methoxy groups -OCH3 is 1. The lowest BCUT2D eigenvalue weighted by Crippen LogP contribution is -2.47. The first-order valence-electron chi connectivity index (χ1n) is 9.61. The fourth-order valence-electron chi connectivity index (χ4n) is 4.27. The molecule has 0 aromatic carbocycles. The molecule has 4 rings (SSSR count). The molecule has 2 aliphatic rings. The van der Waals surface area contributed by atoms with Crippen molar-refractivity contribution < 1.29 is 9.47 Å². The molecular weight excluding hydrogens is 342 g/mol. The number of nitrogens with zero attached hydrogens (tertiary/aromatic N) is 4. The Labute approximate surface area is 160 Å². The number of anilines is 1. The maximum atomic E-state index is 6.34. The number of ether oxygens (including phenoxy) is 2. The van der Waals surface area contributed by atoms with Crippen LogP contribution in [-0.2, 0) is 11.3 Å². The van der Waals surface area contributed by atoms with Crippen LogP contribution in [0.5, 0.6) is 5.88 Å². The molecule has 4 heterocycles. The minimum atomic E-state index is -0.0302. The lowest BCUT2D eigenvalue weighted by molar-refractivity contribution is -0.0536. The summed E-state index contributed by atoms with van der Waals surface area (Å²) in [6, 6.07) is 5.89. The van der Waals surface area contributed by atoms with Gasteiger partial charge in [0, 0.05) is 49.7 Å². The van der Waals surface area contributed by atoms with Gasteiger partial charge in [0.05, 0.1) is 19.3 Å². The van der Waals surface area contributed by atoms with Crippen LogP contribution in [-0.4, -0.2) is 58.8 Å². The van der Waals surface area contributed by atoms with E-state index in [4.69, 9.17) is 9.47 Å². The van der Waals surface area contributed by atoms with Crippen molar-refractivity contribution >= 4 is 5.95 Å². The highest BCUT2D eigenvalue weighted by atomic mass is 16.5. The average Bonchev–Trinajstić information content (AvgIpc) is 3.10. The van der Waals surface area contributed by atoms with Gasteiger partial charge in [-0.2, -0.15) is 0 Å². The molecule has 144 valence electrons. The molecule has 27 heavy (non-hydrogen) atoms. The van der Waals surface area contributed by atoms with Gasteiger partial charge in [0.2, 0.25) is 11.8 Å². The Bertz CT molecular complexity index is 744. The van der Waals surface area contributed by atoms with Crippen molar-refractivity contribution in [2.75, 3.05) is 38.7 Å². The summed E-state index contributed by atoms with van der Waals surface area (Å²) in [4.78, 5) is 15.2. The van der Waals surface area contributed by atoms with Gasteiger partial charge >= 0.3 is 0 Å². The number of likely N-dealkylation sites (tertiary alicyclic amines) is 1. The average molecular weight is 369 g/mol. The summed E-state index contributed by atoms with van der Waals surface area (Å²) in [7, 11) is 1.68. The maximum absolute atomic E-state index is 6.34. The molecule has 2 aromatic rings. The van der Waals surface area contributed by atoms with E-state index in [-0.39, 0.29) is 5.60 Å². The van der Waals surface area contributed by atoms with Crippen LogP contribution in [0.1, 0.15) is 24.8 Å². The van der Waals surface area contributed by atoms with Crippen LogP contribution in [0.2, 0.25) is 0 Å². The van der Waals surface area contributed by atoms with Gasteiger partial charge < -0.3 is 14.8 Å². The Morgan fingerprint density at radius 2 is 2.11 bits per heavy atom. The summed E-state index contributed by atoms with van der Waals surface area (Å²) in [5, 5.41) is 3.33. The van der Waals surface area contributed by atoms with E-state index in [1.54, 1.807) is 25.7 Å². The summed E-state index contributed by atoms with van der Waals surface area (Å²) in [5.41, 5.74) is 1.10. The van der Waals surface area contributed by atoms with E-state index in [1.165, 1.54) is 0 Å². The highest BCUT2D eigenvalue weighted by molar-refractivity contribution is 5.25. The molecule has 2 atom stereocenters. The van der Waals surface area contributed by atoms with Gasteiger partial charge in [0.1, 0.15) is 0 Å². The number of nitrogens with one attached hydrogen (secondary N) is 1. The van der Waals surface area contributed by atoms with Gasteiger partial charge in [-0.25, -0.2) is 15.0 Å². The third-order valence-corrected chi connectivity index (χ3v) is 5.46. The summed E-state index contributed by atoms with van der Waals surface area (Å²) < 4.78 is 11.7. The SMILES string of the molecule is COc1ncccc1CN1CCCC2(CC(CNc3ncccn3)CO2)C1. The quantitative estimate of drug-likeness (QED) is 0.838. The van der Waals surface area contributed by atoms with Crippen LogP contribution in [0.3, 0.4) is 0 Å². The summed E-state index contributed by atoms with van der Waals surface area (Å²) in [6.07, 6.45) is 8.65. The smallest absolute Gasteiger partial charge is 0.222 e. The second-order valence-corrected chi connectivity index (χ2v) is 7.50. The third kappa shape index (κ3) is 4.36. The zero-order valence-electron chi connectivity index (χ0n) is 15.8. The van der Waals surface area contributed by atoms with E-state index in [0.717, 1.165) is 63.5 Å². The lowest BCUT2D eigenvalue weighted by Gasteiger charge is -2.40. The molecule has 1 N–H and O–H groups in total. The third-order valence-electron chi connectivity index (χ3n) is 5.46. The van der Waals surface area contributed by atoms with E-state index in [0.29, 0.717) is 11.9 Å². The largest absolute Gasteiger partial charge is 0.481 e. The molecule has 1 spiro atoms. The summed E-state index contributed by atoms with van der Waals surface area (Å²) in [6.45, 7) is 4.54. The van der Waals surface area contributed by atoms with Gasteiger partial charge in [0.15, 0.2) is 0 Å². The van der Waals surface area contributed by atoms with Crippen molar-refractivity contribution in [1.82, 2.24) is 19.9 Å². The second-order valence-electron chi connectivity index (χ2n) is 7.50. The predicted molar refractivity (Wildman–Crippen MR) is 103 cm³/mol. The Hall–Kier alpha value is -2.25. The van der Waals surface area contributed by atoms with Crippen LogP contribution in [0.15, 0.2) is 36.8 Å². The Kier molecular flexibility index (Phi) is 5.50. The first-order chi connectivity index (χ1) is 13.3. The van der Waals surface area contributed by atoms with Crippen LogP contribution in [0, 0.1) is 5.92 Å². The standard InChI is InChI=1S/C20H27N5O2/c1-26-18-17(5-2-7-21-18)13-25-10-3-6-20(15-25)11-16(14-27-20)12-24-19-22-8-4-9-23-19/h2,4-5,7-9,16H,3,6,10-15H2,1H3,(H,22,23,24). The van der Waals surface area contributed by atoms with E-state index in [2.05, 4.69) is 31.2 Å². The fourth-order valence-corrected chi connectivity index (χ4v) is 4.27. The van der Waals surface area contributed by atoms with Crippen molar-refractivity contribution in [2.24, 2.45) is 5.92 Å². The highest BCUT2D eigenvalue weighted by Crippen LogP contribution is 2.38. The first kappa shape index (κ1) is 18.1. The molecule has 0 amide bonds. The van der Waals surface area contributed by atoms with Gasteiger partial charge in [-0.3, -0.25) is 4.90 Å². The molecule has 0 aliphatic carbocycles. The van der Waals surface area contributed by atoms with Crippen LogP contribution in [0.4, 0.5) is 5.95 Å². The predicted octanol–water partition coefficient (Wildman–Crippen LogP) is 2.36. The maximum Gasteiger partial charge on any atom is 0.222 e. The van der Waals surface area contributed by atoms with Crippen molar-refractivity contribution in [3.8, 4) is 5.88 Å². The number of pyridine rings is 1. The lowest BCUT2D eigenvalue weighted by atomic mass is 9.86. The van der Waals surface area contributed by atoms with Gasteiger partial charge in [-0.05, 0) is 37.9 Å². The van der Waals surface area contributed by atoms with Crippen LogP contribution < -0.4 is 10.1 Å². The van der Waals surface area contributed by atoms with Crippen LogP contribution >= 0.6 is 0 Å². The van der Waals surface area contributed by atoms with E-state index >= 15 is 0 Å². The van der Waals surface area contributed by atoms with Crippen molar-refractivity contribution in [3.05, 3.63) is 42.4 Å². The van der Waals surface area contributed by atoms with E-state index < -0.39 is 0 Å². The minimum Gasteiger partial charge on any atom is -0.481 e. The first-order valence-corrected chi connectivity index (χ1v) is 9.61. The molecule has 2 unspecified atom stereocenters. The molecule has 2 aromatic heterocycles. The van der Waals surface area contributed by atoms with Crippen LogP contribution in [0.25, 0.3) is 0 Å². The summed E-state index contributed by atoms with van der Waals surface area (Å²) in [5.74, 6) is 1.89. The van der Waals surface area contributed by atoms with Gasteiger partial charge in [-0.15, -0.1) is 0 Å². The molecular formula is C20H27N5O2. The molecule has 2 saturated heterocycles. The van der Waals surface area contributed by atoms with Gasteiger partial charge in [0.25, 0.3) is 0 Å². The number of rotatable bonds is 6. The molecule has 0 radical (unpaired) electrons. The molecule has 2 fully saturated rings.